The summed E-state index contributed by atoms with van der Waals surface area (Å²) in [6, 6.07) is 3.45. The molecule has 0 unspecified atom stereocenters. The Bertz CT molecular complexity index is 1280. The highest BCUT2D eigenvalue weighted by Crippen LogP contribution is 2.24. The highest BCUT2D eigenvalue weighted by atomic mass is 28.3. The van der Waals surface area contributed by atoms with Crippen molar-refractivity contribution in [3.8, 4) is 11.7 Å². The molecular weight excluding hydrogens is 461 g/mol. The zero-order valence-electron chi connectivity index (χ0n) is 19.9. The fourth-order valence-electron chi connectivity index (χ4n) is 3.03. The predicted octanol–water partition coefficient (Wildman–Crippen LogP) is 3.17. The molecule has 0 aliphatic rings. The van der Waals surface area contributed by atoms with Gasteiger partial charge in [-0.1, -0.05) is 26.2 Å². The first-order valence-electron chi connectivity index (χ1n) is 10.6. The number of ether oxygens (including phenoxy) is 3. The van der Waals surface area contributed by atoms with Crippen molar-refractivity contribution in [1.29, 1.82) is 0 Å². The highest BCUT2D eigenvalue weighted by molar-refractivity contribution is 6.76. The van der Waals surface area contributed by atoms with E-state index < -0.39 is 25.7 Å². The number of fused-ring (bicyclic) bond motifs is 1. The first kappa shape index (κ1) is 25.2. The fraction of sp³-hybridized carbons (Fsp3) is 0.409. The number of halogens is 1. The standard InChI is InChI=1S/C22H28FN5O5Si/c1-14(2)11-33-20-17-19(24-12-25-20)27(13-32-9-10-34(4,5)6)22(30)28(17)16-8-7-15(18(23)26-16)21(29)31-3/h7-8,12H,1,9-11,13H2,2-6H3. The third-order valence-corrected chi connectivity index (χ3v) is 6.52. The number of nitrogens with zero attached hydrogens (tertiary/aromatic N) is 5. The first-order valence-corrected chi connectivity index (χ1v) is 14.3. The molecule has 0 saturated carbocycles. The molecule has 3 heterocycles. The molecule has 10 nitrogen and oxygen atoms in total. The van der Waals surface area contributed by atoms with Crippen LogP contribution < -0.4 is 10.4 Å². The summed E-state index contributed by atoms with van der Waals surface area (Å²) in [6.45, 7) is 12.8. The lowest BCUT2D eigenvalue weighted by molar-refractivity contribution is 0.0594. The number of imidazole rings is 1. The average molecular weight is 490 g/mol. The normalized spacial score (nSPS) is 11.6. The maximum atomic E-state index is 14.6. The topological polar surface area (TPSA) is 110 Å². The van der Waals surface area contributed by atoms with Crippen LogP contribution >= 0.6 is 0 Å². The lowest BCUT2D eigenvalue weighted by Crippen LogP contribution is -2.27. The Hall–Kier alpha value is -3.38. The van der Waals surface area contributed by atoms with Crippen molar-refractivity contribution in [1.82, 2.24) is 24.1 Å². The number of hydrogen-bond acceptors (Lipinski definition) is 8. The van der Waals surface area contributed by atoms with Crippen LogP contribution in [0.25, 0.3) is 17.0 Å². The second-order valence-corrected chi connectivity index (χ2v) is 14.6. The molecule has 3 aromatic heterocycles. The molecule has 34 heavy (non-hydrogen) atoms. The summed E-state index contributed by atoms with van der Waals surface area (Å²) in [6.07, 6.45) is 1.27. The maximum Gasteiger partial charge on any atom is 0.342 e. The maximum absolute atomic E-state index is 14.6. The predicted molar refractivity (Wildman–Crippen MR) is 127 cm³/mol. The first-order chi connectivity index (χ1) is 16.0. The van der Waals surface area contributed by atoms with Gasteiger partial charge in [-0.05, 0) is 30.7 Å². The Balaban J connectivity index is 2.13. The molecule has 0 bridgehead atoms. The van der Waals surface area contributed by atoms with Crippen molar-refractivity contribution in [2.45, 2.75) is 39.3 Å². The number of hydrogen-bond donors (Lipinski definition) is 0. The highest BCUT2D eigenvalue weighted by Gasteiger charge is 2.24. The average Bonchev–Trinajstić information content (AvgIpc) is 3.05. The Kier molecular flexibility index (Phi) is 7.62. The number of methoxy groups -OCH3 is 1. The van der Waals surface area contributed by atoms with E-state index >= 15 is 0 Å². The summed E-state index contributed by atoms with van der Waals surface area (Å²) in [5, 5.41) is 0. The molecule has 182 valence electrons. The number of esters is 1. The molecule has 12 heteroatoms. The lowest BCUT2D eigenvalue weighted by atomic mass is 10.3. The van der Waals surface area contributed by atoms with Gasteiger partial charge in [-0.25, -0.2) is 24.1 Å². The number of carbonyl (C=O) groups excluding carboxylic acids is 1. The van der Waals surface area contributed by atoms with Crippen molar-refractivity contribution in [2.75, 3.05) is 20.3 Å². The van der Waals surface area contributed by atoms with E-state index in [0.29, 0.717) is 6.61 Å². The van der Waals surface area contributed by atoms with Gasteiger partial charge in [0, 0.05) is 14.7 Å². The Morgan fingerprint density at radius 2 is 1.97 bits per heavy atom. The fourth-order valence-corrected chi connectivity index (χ4v) is 3.78. The Morgan fingerprint density at radius 1 is 1.24 bits per heavy atom. The number of carbonyl (C=O) groups is 1. The smallest absolute Gasteiger partial charge is 0.342 e. The minimum Gasteiger partial charge on any atom is -0.472 e. The van der Waals surface area contributed by atoms with Crippen LogP contribution in [0.2, 0.25) is 25.7 Å². The van der Waals surface area contributed by atoms with Crippen LogP contribution in [0, 0.1) is 5.95 Å². The van der Waals surface area contributed by atoms with Gasteiger partial charge in [-0.2, -0.15) is 9.37 Å². The molecule has 0 atom stereocenters. The molecule has 0 saturated heterocycles. The molecule has 0 aliphatic heterocycles. The van der Waals surface area contributed by atoms with Crippen molar-refractivity contribution in [2.24, 2.45) is 0 Å². The van der Waals surface area contributed by atoms with Crippen molar-refractivity contribution >= 4 is 25.2 Å². The molecule has 0 fully saturated rings. The molecule has 3 aromatic rings. The van der Waals surface area contributed by atoms with Crippen LogP contribution in [-0.4, -0.2) is 58.5 Å². The molecule has 0 amide bonds. The van der Waals surface area contributed by atoms with Crippen molar-refractivity contribution < 1.29 is 23.4 Å². The molecule has 0 radical (unpaired) electrons. The molecule has 0 spiro atoms. The quantitative estimate of drug-likeness (QED) is 0.140. The van der Waals surface area contributed by atoms with E-state index in [1.807, 2.05) is 0 Å². The van der Waals surface area contributed by atoms with Crippen LogP contribution in [0.4, 0.5) is 4.39 Å². The monoisotopic (exact) mass is 489 g/mol. The summed E-state index contributed by atoms with van der Waals surface area (Å²) in [4.78, 5) is 37.4. The second-order valence-electron chi connectivity index (χ2n) is 8.99. The van der Waals surface area contributed by atoms with Gasteiger partial charge in [0.25, 0.3) is 0 Å². The van der Waals surface area contributed by atoms with E-state index in [-0.39, 0.29) is 41.8 Å². The van der Waals surface area contributed by atoms with E-state index in [9.17, 15) is 14.0 Å². The van der Waals surface area contributed by atoms with E-state index in [1.165, 1.54) is 23.0 Å². The van der Waals surface area contributed by atoms with Gasteiger partial charge in [0.1, 0.15) is 31.0 Å². The molecular formula is C22H28FN5O5Si. The number of aromatic nitrogens is 5. The van der Waals surface area contributed by atoms with Crippen LogP contribution in [0.5, 0.6) is 5.88 Å². The van der Waals surface area contributed by atoms with E-state index in [1.54, 1.807) is 6.92 Å². The summed E-state index contributed by atoms with van der Waals surface area (Å²) >= 11 is 0. The minimum atomic E-state index is -1.33. The number of pyridine rings is 1. The van der Waals surface area contributed by atoms with Gasteiger partial charge in [-0.3, -0.25) is 4.57 Å². The van der Waals surface area contributed by atoms with Crippen LogP contribution in [0.15, 0.2) is 35.4 Å². The van der Waals surface area contributed by atoms with Crippen LogP contribution in [0.1, 0.15) is 17.3 Å². The Morgan fingerprint density at radius 3 is 2.59 bits per heavy atom. The van der Waals surface area contributed by atoms with Crippen molar-refractivity contribution in [3.63, 3.8) is 0 Å². The molecule has 0 aromatic carbocycles. The summed E-state index contributed by atoms with van der Waals surface area (Å²) in [5.74, 6) is -1.93. The van der Waals surface area contributed by atoms with Gasteiger partial charge in [0.05, 0.1) is 7.11 Å². The molecule has 0 N–H and O–H groups in total. The van der Waals surface area contributed by atoms with Crippen LogP contribution in [-0.2, 0) is 16.2 Å². The SMILES string of the molecule is C=C(C)COc1ncnc2c1n(-c1ccc(C(=O)OC)c(F)n1)c(=O)n2COCC[Si](C)(C)C. The minimum absolute atomic E-state index is 0.0630. The van der Waals surface area contributed by atoms with Crippen molar-refractivity contribution in [3.05, 3.63) is 52.6 Å². The van der Waals surface area contributed by atoms with Gasteiger partial charge in [-0.15, -0.1) is 0 Å². The van der Waals surface area contributed by atoms with Gasteiger partial charge < -0.3 is 14.2 Å². The number of rotatable bonds is 10. The lowest BCUT2D eigenvalue weighted by Gasteiger charge is -2.15. The molecule has 0 aliphatic carbocycles. The Labute approximate surface area is 197 Å². The zero-order chi connectivity index (χ0) is 25.0. The largest absolute Gasteiger partial charge is 0.472 e. The van der Waals surface area contributed by atoms with Gasteiger partial charge in [0.15, 0.2) is 11.2 Å². The second kappa shape index (κ2) is 10.3. The molecule has 3 rings (SSSR count). The zero-order valence-corrected chi connectivity index (χ0v) is 20.9. The van der Waals surface area contributed by atoms with E-state index in [0.717, 1.165) is 23.3 Å². The van der Waals surface area contributed by atoms with Gasteiger partial charge in [0.2, 0.25) is 11.8 Å². The third kappa shape index (κ3) is 5.57. The van der Waals surface area contributed by atoms with Crippen LogP contribution in [0.3, 0.4) is 0 Å². The third-order valence-electron chi connectivity index (χ3n) is 4.81. The summed E-state index contributed by atoms with van der Waals surface area (Å²) in [5.41, 5.74) is 0.250. The summed E-state index contributed by atoms with van der Waals surface area (Å²) in [7, 11) is -0.188. The summed E-state index contributed by atoms with van der Waals surface area (Å²) < 4.78 is 33.1. The van der Waals surface area contributed by atoms with Gasteiger partial charge >= 0.3 is 11.7 Å². The van der Waals surface area contributed by atoms with E-state index in [4.69, 9.17) is 9.47 Å². The van der Waals surface area contributed by atoms with E-state index in [2.05, 4.69) is 45.9 Å².